The van der Waals surface area contributed by atoms with Gasteiger partial charge in [0.25, 0.3) is 0 Å². The molecule has 0 aliphatic heterocycles. The molecule has 0 spiro atoms. The highest BCUT2D eigenvalue weighted by atomic mass is 35.5. The normalized spacial score (nSPS) is 12.2. The summed E-state index contributed by atoms with van der Waals surface area (Å²) in [5, 5.41) is 0.711. The Hall–Kier alpha value is -2.91. The van der Waals surface area contributed by atoms with E-state index >= 15 is 0 Å². The Morgan fingerprint density at radius 2 is 1.32 bits per heavy atom. The molecule has 0 saturated heterocycles. The van der Waals surface area contributed by atoms with E-state index in [9.17, 15) is 0 Å². The third-order valence-electron chi connectivity index (χ3n) is 3.65. The fraction of sp³-hybridized carbons (Fsp3) is 0.0476. The Balaban J connectivity index is 1.93. The fourth-order valence-electron chi connectivity index (χ4n) is 2.32. The molecule has 0 aliphatic carbocycles. The molecule has 0 atom stereocenters. The van der Waals surface area contributed by atoms with E-state index < -0.39 is 0 Å². The number of nitrogens with two attached hydrogens (primary N) is 1. The lowest BCUT2D eigenvalue weighted by Gasteiger charge is -2.05. The van der Waals surface area contributed by atoms with Crippen molar-refractivity contribution >= 4 is 23.3 Å². The summed E-state index contributed by atoms with van der Waals surface area (Å²) in [6.45, 7) is 0.507. The molecular weight excluding hydrogens is 330 g/mol. The zero-order valence-electron chi connectivity index (χ0n) is 13.6. The number of rotatable bonds is 4. The molecule has 3 aromatic rings. The van der Waals surface area contributed by atoms with E-state index in [-0.39, 0.29) is 0 Å². The Kier molecular flexibility index (Phi) is 5.60. The van der Waals surface area contributed by atoms with Gasteiger partial charge in [-0.1, -0.05) is 84.4 Å². The van der Waals surface area contributed by atoms with E-state index in [1.165, 1.54) is 0 Å². The second-order valence-electron chi connectivity index (χ2n) is 5.50. The first-order valence-electron chi connectivity index (χ1n) is 7.96. The monoisotopic (exact) mass is 347 g/mol. The standard InChI is InChI=1S/C21H18ClN3/c22-19-13-11-16(12-14-19)15-24-21(18-9-5-2-6-10-18)25-20(23)17-7-3-1-4-8-17/h1-14H,15H2,(H2,23,24,25). The number of amidine groups is 2. The molecule has 25 heavy (non-hydrogen) atoms. The van der Waals surface area contributed by atoms with Crippen LogP contribution in [0.15, 0.2) is 94.9 Å². The van der Waals surface area contributed by atoms with Crippen molar-refractivity contribution in [2.24, 2.45) is 15.7 Å². The average molecular weight is 348 g/mol. The molecule has 3 nitrogen and oxygen atoms in total. The minimum Gasteiger partial charge on any atom is -0.383 e. The zero-order valence-corrected chi connectivity index (χ0v) is 14.4. The van der Waals surface area contributed by atoms with Crippen LogP contribution >= 0.6 is 11.6 Å². The molecule has 0 radical (unpaired) electrons. The van der Waals surface area contributed by atoms with Crippen molar-refractivity contribution in [3.8, 4) is 0 Å². The fourth-order valence-corrected chi connectivity index (χ4v) is 2.45. The molecule has 3 rings (SSSR count). The smallest absolute Gasteiger partial charge is 0.157 e. The van der Waals surface area contributed by atoms with Gasteiger partial charge in [-0.25, -0.2) is 4.99 Å². The molecule has 0 heterocycles. The lowest BCUT2D eigenvalue weighted by molar-refractivity contribution is 1.06. The van der Waals surface area contributed by atoms with Crippen molar-refractivity contribution in [3.05, 3.63) is 107 Å². The molecule has 4 heteroatoms. The first kappa shape index (κ1) is 16.9. The third kappa shape index (κ3) is 4.78. The van der Waals surface area contributed by atoms with Crippen molar-refractivity contribution in [1.82, 2.24) is 0 Å². The molecule has 3 aromatic carbocycles. The van der Waals surface area contributed by atoms with E-state index in [0.717, 1.165) is 16.7 Å². The SMILES string of the molecule is NC(=NC(=NCc1ccc(Cl)cc1)c1ccccc1)c1ccccc1. The van der Waals surface area contributed by atoms with Crippen LogP contribution in [0.5, 0.6) is 0 Å². The van der Waals surface area contributed by atoms with Crippen LogP contribution in [0.3, 0.4) is 0 Å². The largest absolute Gasteiger partial charge is 0.383 e. The van der Waals surface area contributed by atoms with E-state index in [1.54, 1.807) is 0 Å². The summed E-state index contributed by atoms with van der Waals surface area (Å²) in [4.78, 5) is 9.23. The second kappa shape index (κ2) is 8.27. The van der Waals surface area contributed by atoms with Crippen molar-refractivity contribution in [2.45, 2.75) is 6.54 Å². The number of aliphatic imine (C=N–C) groups is 2. The van der Waals surface area contributed by atoms with Gasteiger partial charge in [-0.15, -0.1) is 0 Å². The maximum absolute atomic E-state index is 6.17. The Bertz CT molecular complexity index is 870. The number of benzene rings is 3. The molecule has 0 saturated carbocycles. The van der Waals surface area contributed by atoms with Crippen LogP contribution in [-0.4, -0.2) is 11.7 Å². The van der Waals surface area contributed by atoms with E-state index in [4.69, 9.17) is 17.3 Å². The summed E-state index contributed by atoms with van der Waals surface area (Å²) in [7, 11) is 0. The van der Waals surface area contributed by atoms with Gasteiger partial charge < -0.3 is 5.73 Å². The molecular formula is C21H18ClN3. The second-order valence-corrected chi connectivity index (χ2v) is 5.93. The van der Waals surface area contributed by atoms with Crippen LogP contribution in [-0.2, 0) is 6.54 Å². The number of halogens is 1. The highest BCUT2D eigenvalue weighted by Gasteiger charge is 2.05. The van der Waals surface area contributed by atoms with Gasteiger partial charge in [0.2, 0.25) is 0 Å². The molecule has 0 fully saturated rings. The Morgan fingerprint density at radius 1 is 0.760 bits per heavy atom. The van der Waals surface area contributed by atoms with E-state index in [1.807, 2.05) is 84.9 Å². The molecule has 0 aromatic heterocycles. The average Bonchev–Trinajstić information content (AvgIpc) is 2.67. The maximum Gasteiger partial charge on any atom is 0.157 e. The number of hydrogen-bond donors (Lipinski definition) is 1. The summed E-state index contributed by atoms with van der Waals surface area (Å²) in [6.07, 6.45) is 0. The lowest BCUT2D eigenvalue weighted by atomic mass is 10.2. The maximum atomic E-state index is 6.17. The van der Waals surface area contributed by atoms with Gasteiger partial charge in [-0.3, -0.25) is 4.99 Å². The predicted molar refractivity (Wildman–Crippen MR) is 105 cm³/mol. The number of hydrogen-bond acceptors (Lipinski definition) is 1. The summed E-state index contributed by atoms with van der Waals surface area (Å²) in [5.41, 5.74) is 9.03. The zero-order chi connectivity index (χ0) is 17.5. The summed E-state index contributed by atoms with van der Waals surface area (Å²) >= 11 is 5.93. The van der Waals surface area contributed by atoms with Crippen LogP contribution in [0.2, 0.25) is 5.02 Å². The first-order chi connectivity index (χ1) is 12.2. The van der Waals surface area contributed by atoms with E-state index in [2.05, 4.69) is 9.98 Å². The topological polar surface area (TPSA) is 50.7 Å². The van der Waals surface area contributed by atoms with Gasteiger partial charge in [0, 0.05) is 16.1 Å². The first-order valence-corrected chi connectivity index (χ1v) is 8.34. The van der Waals surface area contributed by atoms with Gasteiger partial charge in [0.1, 0.15) is 5.84 Å². The van der Waals surface area contributed by atoms with Crippen molar-refractivity contribution in [2.75, 3.05) is 0 Å². The Labute approximate surface area is 152 Å². The summed E-state index contributed by atoms with van der Waals surface area (Å²) in [5.74, 6) is 1.05. The third-order valence-corrected chi connectivity index (χ3v) is 3.90. The van der Waals surface area contributed by atoms with Crippen LogP contribution in [0.1, 0.15) is 16.7 Å². The molecule has 0 bridgehead atoms. The Morgan fingerprint density at radius 3 is 1.92 bits per heavy atom. The molecule has 0 amide bonds. The van der Waals surface area contributed by atoms with Gasteiger partial charge in [0.15, 0.2) is 5.84 Å². The van der Waals surface area contributed by atoms with Crippen LogP contribution < -0.4 is 5.73 Å². The van der Waals surface area contributed by atoms with Crippen molar-refractivity contribution < 1.29 is 0 Å². The van der Waals surface area contributed by atoms with Gasteiger partial charge in [-0.05, 0) is 17.7 Å². The highest BCUT2D eigenvalue weighted by molar-refractivity contribution is 6.30. The van der Waals surface area contributed by atoms with Gasteiger partial charge in [0.05, 0.1) is 6.54 Å². The van der Waals surface area contributed by atoms with Crippen LogP contribution in [0.25, 0.3) is 0 Å². The van der Waals surface area contributed by atoms with Gasteiger partial charge >= 0.3 is 0 Å². The lowest BCUT2D eigenvalue weighted by Crippen LogP contribution is -2.16. The molecule has 2 N–H and O–H groups in total. The van der Waals surface area contributed by atoms with Gasteiger partial charge in [-0.2, -0.15) is 0 Å². The minimum atomic E-state index is 0.444. The molecule has 124 valence electrons. The van der Waals surface area contributed by atoms with Crippen LogP contribution in [0, 0.1) is 0 Å². The molecule has 0 unspecified atom stereocenters. The predicted octanol–water partition coefficient (Wildman–Crippen LogP) is 4.69. The summed E-state index contributed by atoms with van der Waals surface area (Å²) in [6, 6.07) is 27.1. The number of nitrogens with zero attached hydrogens (tertiary/aromatic N) is 2. The van der Waals surface area contributed by atoms with Crippen molar-refractivity contribution in [3.63, 3.8) is 0 Å². The van der Waals surface area contributed by atoms with Crippen LogP contribution in [0.4, 0.5) is 0 Å². The minimum absolute atomic E-state index is 0.444. The molecule has 0 aliphatic rings. The summed E-state index contributed by atoms with van der Waals surface area (Å²) < 4.78 is 0. The van der Waals surface area contributed by atoms with E-state index in [0.29, 0.717) is 23.2 Å². The quantitative estimate of drug-likeness (QED) is 0.540. The highest BCUT2D eigenvalue weighted by Crippen LogP contribution is 2.12. The van der Waals surface area contributed by atoms with Crippen molar-refractivity contribution in [1.29, 1.82) is 0 Å².